The first-order chi connectivity index (χ1) is 18.4. The summed E-state index contributed by atoms with van der Waals surface area (Å²) in [6.45, 7) is 8.26. The van der Waals surface area contributed by atoms with Gasteiger partial charge < -0.3 is 20.3 Å². The Kier molecular flexibility index (Phi) is 7.93. The summed E-state index contributed by atoms with van der Waals surface area (Å²) in [5.41, 5.74) is 5.54. The molecule has 5 rings (SSSR count). The molecule has 0 bridgehead atoms. The number of carbonyl (C=O) groups is 2. The second kappa shape index (κ2) is 11.5. The molecule has 0 radical (unpaired) electrons. The Bertz CT molecular complexity index is 1310. The number of rotatable bonds is 6. The maximum Gasteiger partial charge on any atom is 0.319 e. The second-order valence-corrected chi connectivity index (χ2v) is 10.5. The maximum atomic E-state index is 13.4. The fourth-order valence-electron chi connectivity index (χ4n) is 5.47. The van der Waals surface area contributed by atoms with Crippen molar-refractivity contribution in [3.05, 3.63) is 47.3 Å². The number of hydrogen-bond acceptors (Lipinski definition) is 5. The summed E-state index contributed by atoms with van der Waals surface area (Å²) >= 11 is 0. The quantitative estimate of drug-likeness (QED) is 0.480. The number of nitrogens with zero attached hydrogens (tertiary/aromatic N) is 4. The van der Waals surface area contributed by atoms with Crippen molar-refractivity contribution in [1.29, 1.82) is 0 Å². The fraction of sp³-hybridized carbons (Fsp3) is 0.517. The molecule has 2 aliphatic heterocycles. The van der Waals surface area contributed by atoms with Crippen LogP contribution < -0.4 is 10.6 Å². The van der Waals surface area contributed by atoms with Gasteiger partial charge in [0.1, 0.15) is 5.69 Å². The fourth-order valence-corrected chi connectivity index (χ4v) is 5.47. The Morgan fingerprint density at radius 2 is 1.97 bits per heavy atom. The summed E-state index contributed by atoms with van der Waals surface area (Å²) in [6.07, 6.45) is 7.26. The minimum absolute atomic E-state index is 0.00345. The number of ether oxygens (including phenoxy) is 1. The highest BCUT2D eigenvalue weighted by Crippen LogP contribution is 2.27. The Morgan fingerprint density at radius 3 is 2.74 bits per heavy atom. The normalized spacial score (nSPS) is 19.9. The highest BCUT2D eigenvalue weighted by molar-refractivity contribution is 5.93. The molecule has 3 aromatic rings. The van der Waals surface area contributed by atoms with Gasteiger partial charge in [0.15, 0.2) is 5.65 Å². The predicted octanol–water partition coefficient (Wildman–Crippen LogP) is 4.97. The summed E-state index contributed by atoms with van der Waals surface area (Å²) in [7, 11) is 0. The van der Waals surface area contributed by atoms with Crippen LogP contribution in [0.3, 0.4) is 0 Å². The molecular weight excluding hydrogens is 480 g/mol. The molecule has 2 aromatic heterocycles. The van der Waals surface area contributed by atoms with Gasteiger partial charge in [0.2, 0.25) is 0 Å². The van der Waals surface area contributed by atoms with Gasteiger partial charge in [-0.25, -0.2) is 14.3 Å². The maximum absolute atomic E-state index is 13.4. The Labute approximate surface area is 224 Å². The molecule has 9 nitrogen and oxygen atoms in total. The van der Waals surface area contributed by atoms with Gasteiger partial charge in [-0.3, -0.25) is 4.79 Å². The molecule has 2 N–H and O–H groups in total. The van der Waals surface area contributed by atoms with E-state index < -0.39 is 0 Å². The lowest BCUT2D eigenvalue weighted by molar-refractivity contribution is 0.0691. The number of nitrogens with one attached hydrogen (secondary N) is 2. The van der Waals surface area contributed by atoms with Gasteiger partial charge in [-0.1, -0.05) is 25.8 Å². The lowest BCUT2D eigenvalue weighted by Crippen LogP contribution is -2.38. The number of hydrogen-bond donors (Lipinski definition) is 2. The van der Waals surface area contributed by atoms with E-state index in [1.165, 1.54) is 6.42 Å². The minimum atomic E-state index is -0.243. The first-order valence-corrected chi connectivity index (χ1v) is 13.9. The van der Waals surface area contributed by atoms with Crippen LogP contribution in [0.15, 0.2) is 30.3 Å². The average Bonchev–Trinajstić information content (AvgIpc) is 3.53. The van der Waals surface area contributed by atoms with E-state index in [4.69, 9.17) is 14.8 Å². The lowest BCUT2D eigenvalue weighted by atomic mass is 10.1. The van der Waals surface area contributed by atoms with E-state index in [2.05, 4.69) is 24.5 Å². The molecule has 0 aliphatic carbocycles. The van der Waals surface area contributed by atoms with Crippen molar-refractivity contribution in [1.82, 2.24) is 24.8 Å². The van der Waals surface area contributed by atoms with Gasteiger partial charge >= 0.3 is 6.03 Å². The molecule has 2 fully saturated rings. The zero-order valence-electron chi connectivity index (χ0n) is 22.6. The lowest BCUT2D eigenvalue weighted by Gasteiger charge is -2.27. The van der Waals surface area contributed by atoms with Gasteiger partial charge in [-0.05, 0) is 69.7 Å². The molecule has 202 valence electrons. The molecule has 3 amide bonds. The van der Waals surface area contributed by atoms with Crippen molar-refractivity contribution in [3.8, 4) is 11.3 Å². The average molecular weight is 519 g/mol. The molecule has 1 aromatic carbocycles. The number of anilines is 1. The van der Waals surface area contributed by atoms with Gasteiger partial charge in [-0.2, -0.15) is 5.10 Å². The monoisotopic (exact) mass is 518 g/mol. The molecule has 2 atom stereocenters. The van der Waals surface area contributed by atoms with Crippen LogP contribution in [0.2, 0.25) is 0 Å². The van der Waals surface area contributed by atoms with Crippen molar-refractivity contribution >= 4 is 23.3 Å². The number of aromatic nitrogens is 3. The molecular formula is C29H38N6O3. The Hall–Kier alpha value is -3.46. The number of carbonyl (C=O) groups excluding carboxylic acids is 2. The number of urea groups is 1. The van der Waals surface area contributed by atoms with E-state index in [-0.39, 0.29) is 24.1 Å². The third kappa shape index (κ3) is 5.67. The van der Waals surface area contributed by atoms with E-state index in [0.717, 1.165) is 74.2 Å². The van der Waals surface area contributed by atoms with Crippen molar-refractivity contribution < 1.29 is 14.3 Å². The van der Waals surface area contributed by atoms with E-state index in [9.17, 15) is 9.59 Å². The third-order valence-corrected chi connectivity index (χ3v) is 7.67. The van der Waals surface area contributed by atoms with E-state index in [1.54, 1.807) is 0 Å². The van der Waals surface area contributed by atoms with Gasteiger partial charge in [0, 0.05) is 48.7 Å². The smallest absolute Gasteiger partial charge is 0.319 e. The van der Waals surface area contributed by atoms with Crippen molar-refractivity contribution in [2.24, 2.45) is 0 Å². The zero-order valence-corrected chi connectivity index (χ0v) is 22.6. The largest absolute Gasteiger partial charge is 0.376 e. The van der Waals surface area contributed by atoms with Crippen LogP contribution in [-0.4, -0.2) is 63.3 Å². The van der Waals surface area contributed by atoms with Crippen LogP contribution in [0, 0.1) is 6.92 Å². The molecule has 2 saturated heterocycles. The first-order valence-electron chi connectivity index (χ1n) is 13.9. The molecule has 38 heavy (non-hydrogen) atoms. The van der Waals surface area contributed by atoms with Crippen molar-refractivity contribution in [3.63, 3.8) is 0 Å². The third-order valence-electron chi connectivity index (χ3n) is 7.67. The van der Waals surface area contributed by atoms with Gasteiger partial charge in [0.05, 0.1) is 11.8 Å². The number of amides is 3. The molecule has 0 saturated carbocycles. The topological polar surface area (TPSA) is 101 Å². The Morgan fingerprint density at radius 1 is 1.11 bits per heavy atom. The van der Waals surface area contributed by atoms with Gasteiger partial charge in [-0.15, -0.1) is 0 Å². The SMILES string of the molecule is CCc1cc(C(=O)N2CCCCCC2C)nc2cc(-c3ccc(NC(=O)NCC4CCCO4)cc3C)nn12. The standard InChI is InChI=1S/C29H38N6O3/c1-4-22-16-26(28(36)34-13-7-5-6-9-20(34)3)32-27-17-25(33-35(22)27)24-12-11-21(15-19(24)2)31-29(37)30-18-23-10-8-14-38-23/h11-12,15-17,20,23H,4-10,13-14,18H2,1-3H3,(H2,30,31,37). The summed E-state index contributed by atoms with van der Waals surface area (Å²) in [6, 6.07) is 9.58. The zero-order chi connectivity index (χ0) is 26.6. The molecule has 0 spiro atoms. The van der Waals surface area contributed by atoms with Crippen LogP contribution in [-0.2, 0) is 11.2 Å². The van der Waals surface area contributed by atoms with E-state index in [0.29, 0.717) is 23.6 Å². The second-order valence-electron chi connectivity index (χ2n) is 10.5. The number of fused-ring (bicyclic) bond motifs is 1. The number of benzene rings is 1. The summed E-state index contributed by atoms with van der Waals surface area (Å²) in [5, 5.41) is 10.6. The number of likely N-dealkylation sites (tertiary alicyclic amines) is 1. The van der Waals surface area contributed by atoms with Crippen LogP contribution in [0.5, 0.6) is 0 Å². The van der Waals surface area contributed by atoms with Crippen LogP contribution in [0.1, 0.15) is 74.1 Å². The Balaban J connectivity index is 1.35. The molecule has 9 heteroatoms. The number of aryl methyl sites for hydroxylation is 2. The minimum Gasteiger partial charge on any atom is -0.376 e. The van der Waals surface area contributed by atoms with Crippen LogP contribution >= 0.6 is 0 Å². The van der Waals surface area contributed by atoms with Gasteiger partial charge in [0.25, 0.3) is 5.91 Å². The summed E-state index contributed by atoms with van der Waals surface area (Å²) in [4.78, 5) is 32.5. The van der Waals surface area contributed by atoms with E-state index in [1.807, 2.05) is 46.7 Å². The first kappa shape index (κ1) is 26.2. The summed E-state index contributed by atoms with van der Waals surface area (Å²) in [5.74, 6) is 0.00345. The van der Waals surface area contributed by atoms with Crippen LogP contribution in [0.4, 0.5) is 10.5 Å². The van der Waals surface area contributed by atoms with Crippen LogP contribution in [0.25, 0.3) is 16.9 Å². The van der Waals surface area contributed by atoms with E-state index >= 15 is 0 Å². The highest BCUT2D eigenvalue weighted by Gasteiger charge is 2.25. The molecule has 2 unspecified atom stereocenters. The van der Waals surface area contributed by atoms with Crippen molar-refractivity contribution in [2.45, 2.75) is 77.9 Å². The molecule has 4 heterocycles. The highest BCUT2D eigenvalue weighted by atomic mass is 16.5. The van der Waals surface area contributed by atoms with Crippen molar-refractivity contribution in [2.75, 3.05) is 25.0 Å². The summed E-state index contributed by atoms with van der Waals surface area (Å²) < 4.78 is 7.40. The predicted molar refractivity (Wildman–Crippen MR) is 147 cm³/mol. The molecule has 2 aliphatic rings.